The summed E-state index contributed by atoms with van der Waals surface area (Å²) in [5, 5.41) is 5.44. The number of aromatic nitrogens is 4. The standard InChI is InChI=1S/C21H18N4O2/c1-14(26)21(15-3-6-18(27-2)7-4-15)25-20-8-5-16(11-17(20)12-24-25)19-13-22-9-10-23-19/h3-13,21H,1-2H3. The SMILES string of the molecule is COc1ccc(C(C(C)=O)n2ncc3cc(-c4cnccn4)ccc32)cc1. The molecule has 0 radical (unpaired) electrons. The van der Waals surface area contributed by atoms with Gasteiger partial charge in [0.05, 0.1) is 30.7 Å². The second-order valence-corrected chi connectivity index (χ2v) is 6.24. The van der Waals surface area contributed by atoms with Crippen LogP contribution in [-0.4, -0.2) is 32.6 Å². The number of benzene rings is 2. The Kier molecular flexibility index (Phi) is 4.38. The highest BCUT2D eigenvalue weighted by Gasteiger charge is 2.22. The number of rotatable bonds is 5. The topological polar surface area (TPSA) is 69.9 Å². The van der Waals surface area contributed by atoms with Crippen molar-refractivity contribution in [1.29, 1.82) is 0 Å². The quantitative estimate of drug-likeness (QED) is 0.544. The van der Waals surface area contributed by atoms with Gasteiger partial charge in [-0.25, -0.2) is 4.68 Å². The summed E-state index contributed by atoms with van der Waals surface area (Å²) in [4.78, 5) is 20.9. The van der Waals surface area contributed by atoms with Gasteiger partial charge in [0.25, 0.3) is 0 Å². The molecule has 4 aromatic rings. The van der Waals surface area contributed by atoms with Crippen molar-refractivity contribution in [2.45, 2.75) is 13.0 Å². The second kappa shape index (κ2) is 6.99. The average Bonchev–Trinajstić information content (AvgIpc) is 3.12. The molecule has 4 rings (SSSR count). The highest BCUT2D eigenvalue weighted by atomic mass is 16.5. The van der Waals surface area contributed by atoms with Gasteiger partial charge in [0.15, 0.2) is 5.78 Å². The first-order valence-electron chi connectivity index (χ1n) is 8.55. The van der Waals surface area contributed by atoms with Gasteiger partial charge in [-0.2, -0.15) is 5.10 Å². The lowest BCUT2D eigenvalue weighted by molar-refractivity contribution is -0.119. The predicted octanol–water partition coefficient (Wildman–Crippen LogP) is 3.68. The van der Waals surface area contributed by atoms with Crippen LogP contribution in [0, 0.1) is 0 Å². The first-order chi connectivity index (χ1) is 13.2. The maximum atomic E-state index is 12.4. The van der Waals surface area contributed by atoms with Gasteiger partial charge in [-0.1, -0.05) is 18.2 Å². The first-order valence-corrected chi connectivity index (χ1v) is 8.55. The van der Waals surface area contributed by atoms with Crippen LogP contribution >= 0.6 is 0 Å². The molecule has 6 nitrogen and oxygen atoms in total. The molecule has 0 amide bonds. The van der Waals surface area contributed by atoms with Crippen molar-refractivity contribution < 1.29 is 9.53 Å². The normalized spacial score (nSPS) is 12.1. The van der Waals surface area contributed by atoms with Crippen LogP contribution in [-0.2, 0) is 4.79 Å². The zero-order chi connectivity index (χ0) is 18.8. The van der Waals surface area contributed by atoms with Crippen molar-refractivity contribution in [2.75, 3.05) is 7.11 Å². The molecule has 0 spiro atoms. The molecule has 0 bridgehead atoms. The minimum atomic E-state index is -0.490. The molecular weight excluding hydrogens is 340 g/mol. The van der Waals surface area contributed by atoms with Crippen molar-refractivity contribution in [3.63, 3.8) is 0 Å². The van der Waals surface area contributed by atoms with Gasteiger partial charge in [-0.3, -0.25) is 14.8 Å². The summed E-state index contributed by atoms with van der Waals surface area (Å²) in [6, 6.07) is 12.9. The Hall–Kier alpha value is -3.54. The number of ketones is 1. The van der Waals surface area contributed by atoms with Gasteiger partial charge in [0.2, 0.25) is 0 Å². The summed E-state index contributed by atoms with van der Waals surface area (Å²) in [5.41, 5.74) is 3.51. The molecule has 0 saturated heterocycles. The van der Waals surface area contributed by atoms with Crippen molar-refractivity contribution >= 4 is 16.7 Å². The average molecular weight is 358 g/mol. The number of nitrogens with zero attached hydrogens (tertiary/aromatic N) is 4. The van der Waals surface area contributed by atoms with Crippen LogP contribution in [0.3, 0.4) is 0 Å². The van der Waals surface area contributed by atoms with E-state index in [4.69, 9.17) is 4.74 Å². The van der Waals surface area contributed by atoms with Gasteiger partial charge < -0.3 is 4.74 Å². The lowest BCUT2D eigenvalue weighted by atomic mass is 10.0. The number of fused-ring (bicyclic) bond motifs is 1. The molecule has 0 aliphatic carbocycles. The molecule has 2 aromatic carbocycles. The molecule has 0 aliphatic rings. The summed E-state index contributed by atoms with van der Waals surface area (Å²) in [6.07, 6.45) is 6.81. The number of hydrogen-bond donors (Lipinski definition) is 0. The Morgan fingerprint density at radius 1 is 1.07 bits per heavy atom. The third kappa shape index (κ3) is 3.17. The third-order valence-corrected chi connectivity index (χ3v) is 4.52. The van der Waals surface area contributed by atoms with E-state index in [-0.39, 0.29) is 5.78 Å². The third-order valence-electron chi connectivity index (χ3n) is 4.52. The summed E-state index contributed by atoms with van der Waals surface area (Å²) in [5.74, 6) is 0.767. The Labute approximate surface area is 156 Å². The number of carbonyl (C=O) groups excluding carboxylic acids is 1. The van der Waals surface area contributed by atoms with E-state index in [2.05, 4.69) is 15.1 Å². The van der Waals surface area contributed by atoms with E-state index < -0.39 is 6.04 Å². The molecule has 6 heteroatoms. The molecule has 1 unspecified atom stereocenters. The first kappa shape index (κ1) is 16.9. The lowest BCUT2D eigenvalue weighted by Gasteiger charge is -2.17. The van der Waals surface area contributed by atoms with E-state index in [1.54, 1.807) is 43.5 Å². The number of carbonyl (C=O) groups is 1. The Balaban J connectivity index is 1.78. The monoisotopic (exact) mass is 358 g/mol. The summed E-state index contributed by atoms with van der Waals surface area (Å²) in [6.45, 7) is 1.58. The van der Waals surface area contributed by atoms with Crippen LogP contribution < -0.4 is 4.74 Å². The summed E-state index contributed by atoms with van der Waals surface area (Å²) >= 11 is 0. The second-order valence-electron chi connectivity index (χ2n) is 6.24. The highest BCUT2D eigenvalue weighted by molar-refractivity contribution is 5.88. The Morgan fingerprint density at radius 3 is 2.56 bits per heavy atom. The predicted molar refractivity (Wildman–Crippen MR) is 103 cm³/mol. The number of ether oxygens (including phenoxy) is 1. The van der Waals surface area contributed by atoms with E-state index in [0.717, 1.165) is 33.5 Å². The molecule has 27 heavy (non-hydrogen) atoms. The fraction of sp³-hybridized carbons (Fsp3) is 0.143. The fourth-order valence-corrected chi connectivity index (χ4v) is 3.20. The molecule has 134 valence electrons. The maximum Gasteiger partial charge on any atom is 0.158 e. The maximum absolute atomic E-state index is 12.4. The minimum Gasteiger partial charge on any atom is -0.497 e. The molecule has 0 aliphatic heterocycles. The number of methoxy groups -OCH3 is 1. The van der Waals surface area contributed by atoms with Crippen LogP contribution in [0.15, 0.2) is 67.3 Å². The van der Waals surface area contributed by atoms with E-state index in [1.807, 2.05) is 42.5 Å². The largest absolute Gasteiger partial charge is 0.497 e. The van der Waals surface area contributed by atoms with Crippen LogP contribution in [0.2, 0.25) is 0 Å². The zero-order valence-electron chi connectivity index (χ0n) is 15.0. The van der Waals surface area contributed by atoms with Gasteiger partial charge in [0.1, 0.15) is 11.8 Å². The molecule has 0 saturated carbocycles. The van der Waals surface area contributed by atoms with Crippen molar-refractivity contribution in [3.05, 3.63) is 72.8 Å². The van der Waals surface area contributed by atoms with Crippen LogP contribution in [0.4, 0.5) is 0 Å². The smallest absolute Gasteiger partial charge is 0.158 e. The summed E-state index contributed by atoms with van der Waals surface area (Å²) < 4.78 is 6.97. The van der Waals surface area contributed by atoms with E-state index >= 15 is 0 Å². The molecule has 2 aromatic heterocycles. The van der Waals surface area contributed by atoms with Crippen molar-refractivity contribution in [3.8, 4) is 17.0 Å². The van der Waals surface area contributed by atoms with Crippen molar-refractivity contribution in [2.24, 2.45) is 0 Å². The molecule has 1 atom stereocenters. The Bertz CT molecular complexity index is 1090. The number of Topliss-reactive ketones (excluding diaryl/α,β-unsaturated/α-hetero) is 1. The molecule has 0 N–H and O–H groups in total. The zero-order valence-corrected chi connectivity index (χ0v) is 15.0. The van der Waals surface area contributed by atoms with Crippen LogP contribution in [0.5, 0.6) is 5.75 Å². The van der Waals surface area contributed by atoms with Gasteiger partial charge in [0, 0.05) is 23.3 Å². The minimum absolute atomic E-state index is 0.0168. The Morgan fingerprint density at radius 2 is 1.89 bits per heavy atom. The lowest BCUT2D eigenvalue weighted by Crippen LogP contribution is -2.19. The number of hydrogen-bond acceptors (Lipinski definition) is 5. The molecule has 0 fully saturated rings. The molecular formula is C21H18N4O2. The fourth-order valence-electron chi connectivity index (χ4n) is 3.20. The van der Waals surface area contributed by atoms with Gasteiger partial charge in [-0.15, -0.1) is 0 Å². The highest BCUT2D eigenvalue weighted by Crippen LogP contribution is 2.28. The van der Waals surface area contributed by atoms with Crippen molar-refractivity contribution in [1.82, 2.24) is 19.7 Å². The van der Waals surface area contributed by atoms with Gasteiger partial charge >= 0.3 is 0 Å². The van der Waals surface area contributed by atoms with E-state index in [1.165, 1.54) is 0 Å². The van der Waals surface area contributed by atoms with E-state index in [9.17, 15) is 4.79 Å². The van der Waals surface area contributed by atoms with Crippen LogP contribution in [0.25, 0.3) is 22.2 Å². The van der Waals surface area contributed by atoms with Gasteiger partial charge in [-0.05, 0) is 36.8 Å². The summed E-state index contributed by atoms with van der Waals surface area (Å²) in [7, 11) is 1.62. The molecule has 2 heterocycles. The van der Waals surface area contributed by atoms with Crippen LogP contribution in [0.1, 0.15) is 18.5 Å². The van der Waals surface area contributed by atoms with E-state index in [0.29, 0.717) is 0 Å².